The molecule has 100 valence electrons. The Morgan fingerprint density at radius 1 is 1.15 bits per heavy atom. The number of carbonyl (C=O) groups is 1. The summed E-state index contributed by atoms with van der Waals surface area (Å²) in [6, 6.07) is 11.2. The van der Waals surface area contributed by atoms with Crippen LogP contribution in [0, 0.1) is 5.82 Å². The molecule has 1 aliphatic rings. The van der Waals surface area contributed by atoms with Gasteiger partial charge in [0.2, 0.25) is 0 Å². The van der Waals surface area contributed by atoms with Crippen LogP contribution in [-0.2, 0) is 9.53 Å². The van der Waals surface area contributed by atoms with Crippen molar-refractivity contribution in [3.05, 3.63) is 60.2 Å². The molecule has 5 nitrogen and oxygen atoms in total. The Morgan fingerprint density at radius 3 is 2.70 bits per heavy atom. The van der Waals surface area contributed by atoms with Crippen LogP contribution < -0.4 is 5.01 Å². The van der Waals surface area contributed by atoms with Crippen molar-refractivity contribution in [3.8, 4) is 0 Å². The zero-order chi connectivity index (χ0) is 13.9. The number of para-hydroxylation sites is 1. The van der Waals surface area contributed by atoms with Crippen LogP contribution in [0.3, 0.4) is 0 Å². The fourth-order valence-corrected chi connectivity index (χ4v) is 1.79. The summed E-state index contributed by atoms with van der Waals surface area (Å²) in [5.74, 6) is -0.768. The predicted octanol–water partition coefficient (Wildman–Crippen LogP) is 1.95. The van der Waals surface area contributed by atoms with E-state index in [-0.39, 0.29) is 18.2 Å². The molecule has 0 atom stereocenters. The van der Waals surface area contributed by atoms with Crippen molar-refractivity contribution >= 4 is 17.5 Å². The zero-order valence-corrected chi connectivity index (χ0v) is 10.4. The first-order chi connectivity index (χ1) is 9.75. The second-order valence-corrected chi connectivity index (χ2v) is 4.07. The number of aromatic nitrogens is 1. The van der Waals surface area contributed by atoms with E-state index in [1.54, 1.807) is 36.5 Å². The number of carbonyl (C=O) groups excluding carboxylic acids is 1. The predicted molar refractivity (Wildman–Crippen MR) is 70.6 cm³/mol. The minimum Gasteiger partial charge on any atom is -0.465 e. The molecule has 6 heteroatoms. The Labute approximate surface area is 114 Å². The molecule has 0 spiro atoms. The first kappa shape index (κ1) is 12.3. The molecule has 2 aromatic rings. The quantitative estimate of drug-likeness (QED) is 0.838. The van der Waals surface area contributed by atoms with Crippen LogP contribution in [0.5, 0.6) is 0 Å². The third-order valence-corrected chi connectivity index (χ3v) is 2.72. The third kappa shape index (κ3) is 2.23. The van der Waals surface area contributed by atoms with Crippen molar-refractivity contribution in [2.24, 2.45) is 5.10 Å². The molecule has 0 fully saturated rings. The molecule has 1 aromatic heterocycles. The third-order valence-electron chi connectivity index (χ3n) is 2.72. The Kier molecular flexibility index (Phi) is 3.12. The lowest BCUT2D eigenvalue weighted by Gasteiger charge is -2.23. The Morgan fingerprint density at radius 2 is 1.95 bits per heavy atom. The summed E-state index contributed by atoms with van der Waals surface area (Å²) in [6.07, 6.45) is 1.59. The van der Waals surface area contributed by atoms with E-state index >= 15 is 0 Å². The summed E-state index contributed by atoms with van der Waals surface area (Å²) in [6.45, 7) is -0.205. The maximum Gasteiger partial charge on any atom is 0.285 e. The van der Waals surface area contributed by atoms with Crippen LogP contribution in [-0.4, -0.2) is 23.4 Å². The highest BCUT2D eigenvalue weighted by Gasteiger charge is 2.26. The van der Waals surface area contributed by atoms with Crippen LogP contribution in [0.15, 0.2) is 53.8 Å². The van der Waals surface area contributed by atoms with Gasteiger partial charge < -0.3 is 4.74 Å². The lowest BCUT2D eigenvalue weighted by molar-refractivity contribution is -0.121. The van der Waals surface area contributed by atoms with Crippen molar-refractivity contribution < 1.29 is 13.9 Å². The molecule has 0 unspecified atom stereocenters. The van der Waals surface area contributed by atoms with Gasteiger partial charge >= 0.3 is 0 Å². The van der Waals surface area contributed by atoms with E-state index in [1.807, 2.05) is 0 Å². The maximum atomic E-state index is 13.8. The Balaban J connectivity index is 2.02. The Bertz CT molecular complexity index is 673. The summed E-state index contributed by atoms with van der Waals surface area (Å²) in [7, 11) is 0. The maximum absolute atomic E-state index is 13.8. The minimum atomic E-state index is -0.521. The number of anilines is 1. The van der Waals surface area contributed by atoms with Gasteiger partial charge in [0.25, 0.3) is 11.8 Å². The summed E-state index contributed by atoms with van der Waals surface area (Å²) >= 11 is 0. The topological polar surface area (TPSA) is 54.8 Å². The number of rotatable bonds is 2. The highest BCUT2D eigenvalue weighted by molar-refractivity contribution is 6.03. The number of hydrogen-bond donors (Lipinski definition) is 0. The van der Waals surface area contributed by atoms with Crippen LogP contribution >= 0.6 is 0 Å². The Hall–Kier alpha value is -2.76. The van der Waals surface area contributed by atoms with Gasteiger partial charge in [-0.1, -0.05) is 18.2 Å². The first-order valence-corrected chi connectivity index (χ1v) is 5.96. The molecule has 0 saturated heterocycles. The average molecular weight is 271 g/mol. The highest BCUT2D eigenvalue weighted by atomic mass is 19.1. The minimum absolute atomic E-state index is 0.0919. The van der Waals surface area contributed by atoms with Gasteiger partial charge in [0, 0.05) is 6.20 Å². The van der Waals surface area contributed by atoms with E-state index < -0.39 is 11.7 Å². The van der Waals surface area contributed by atoms with Crippen LogP contribution in [0.4, 0.5) is 10.1 Å². The number of benzene rings is 1. The van der Waals surface area contributed by atoms with E-state index in [0.717, 1.165) is 5.01 Å². The largest absolute Gasteiger partial charge is 0.465 e. The van der Waals surface area contributed by atoms with Gasteiger partial charge in [-0.2, -0.15) is 5.01 Å². The zero-order valence-electron chi connectivity index (χ0n) is 10.4. The van der Waals surface area contributed by atoms with Crippen molar-refractivity contribution in [1.82, 2.24) is 4.98 Å². The number of pyridine rings is 1. The molecular formula is C14H10FN3O2. The number of hydrogen-bond acceptors (Lipinski definition) is 4. The SMILES string of the molecule is O=C1COC(c2ccccn2)=NN1c1ccccc1F. The van der Waals surface area contributed by atoms with E-state index in [9.17, 15) is 9.18 Å². The van der Waals surface area contributed by atoms with Gasteiger partial charge in [0.05, 0.1) is 0 Å². The normalized spacial score (nSPS) is 14.8. The molecule has 1 amide bonds. The van der Waals surface area contributed by atoms with Crippen LogP contribution in [0.25, 0.3) is 0 Å². The molecule has 2 heterocycles. The molecule has 0 N–H and O–H groups in total. The summed E-state index contributed by atoms with van der Waals surface area (Å²) in [4.78, 5) is 15.9. The van der Waals surface area contributed by atoms with Gasteiger partial charge in [0.15, 0.2) is 6.61 Å². The number of ether oxygens (including phenoxy) is 1. The molecule has 1 aliphatic heterocycles. The molecule has 1 aromatic carbocycles. The second kappa shape index (κ2) is 5.08. The summed E-state index contributed by atoms with van der Waals surface area (Å²) in [5, 5.41) is 5.04. The fraction of sp³-hybridized carbons (Fsp3) is 0.0714. The van der Waals surface area contributed by atoms with E-state index in [4.69, 9.17) is 4.74 Å². The van der Waals surface area contributed by atoms with Crippen LogP contribution in [0.2, 0.25) is 0 Å². The van der Waals surface area contributed by atoms with Crippen molar-refractivity contribution in [3.63, 3.8) is 0 Å². The fourth-order valence-electron chi connectivity index (χ4n) is 1.79. The number of nitrogens with zero attached hydrogens (tertiary/aromatic N) is 3. The molecule has 0 radical (unpaired) electrons. The number of amides is 1. The first-order valence-electron chi connectivity index (χ1n) is 5.96. The standard InChI is InChI=1S/C14H10FN3O2/c15-10-5-1-2-7-12(10)18-13(19)9-20-14(17-18)11-6-3-4-8-16-11/h1-8H,9H2. The van der Waals surface area contributed by atoms with Gasteiger partial charge in [-0.05, 0) is 24.3 Å². The van der Waals surface area contributed by atoms with Gasteiger partial charge in [-0.15, -0.1) is 5.10 Å². The second-order valence-electron chi connectivity index (χ2n) is 4.07. The van der Waals surface area contributed by atoms with Gasteiger partial charge in [0.1, 0.15) is 17.2 Å². The summed E-state index contributed by atoms with van der Waals surface area (Å²) < 4.78 is 19.0. The smallest absolute Gasteiger partial charge is 0.285 e. The highest BCUT2D eigenvalue weighted by Crippen LogP contribution is 2.22. The van der Waals surface area contributed by atoms with Gasteiger partial charge in [-0.3, -0.25) is 9.78 Å². The van der Waals surface area contributed by atoms with E-state index in [0.29, 0.717) is 5.69 Å². The lowest BCUT2D eigenvalue weighted by Crippen LogP contribution is -2.37. The van der Waals surface area contributed by atoms with E-state index in [1.165, 1.54) is 12.1 Å². The number of halogens is 1. The average Bonchev–Trinajstić information content (AvgIpc) is 2.49. The van der Waals surface area contributed by atoms with Crippen LogP contribution in [0.1, 0.15) is 5.69 Å². The summed E-state index contributed by atoms with van der Waals surface area (Å²) in [5.41, 5.74) is 0.579. The molecule has 20 heavy (non-hydrogen) atoms. The molecular weight excluding hydrogens is 261 g/mol. The van der Waals surface area contributed by atoms with Gasteiger partial charge in [-0.25, -0.2) is 4.39 Å². The van der Waals surface area contributed by atoms with Crippen molar-refractivity contribution in [2.45, 2.75) is 0 Å². The molecule has 0 aliphatic carbocycles. The molecule has 0 saturated carbocycles. The van der Waals surface area contributed by atoms with E-state index in [2.05, 4.69) is 10.1 Å². The van der Waals surface area contributed by atoms with Crippen molar-refractivity contribution in [1.29, 1.82) is 0 Å². The number of hydrazone groups is 1. The van der Waals surface area contributed by atoms with Crippen molar-refractivity contribution in [2.75, 3.05) is 11.6 Å². The molecule has 3 rings (SSSR count). The monoisotopic (exact) mass is 271 g/mol. The molecule has 0 bridgehead atoms. The lowest BCUT2D eigenvalue weighted by atomic mass is 10.3.